The lowest BCUT2D eigenvalue weighted by molar-refractivity contribution is 0.0734. The Morgan fingerprint density at radius 1 is 0.829 bits per heavy atom. The number of aromatic nitrogens is 2. The maximum absolute atomic E-state index is 12.6. The number of ether oxygens (including phenoxy) is 1. The number of hydrogen-bond acceptors (Lipinski definition) is 5. The van der Waals surface area contributed by atoms with E-state index < -0.39 is 5.97 Å². The Balaban J connectivity index is 1.54. The molecule has 0 radical (unpaired) electrons. The van der Waals surface area contributed by atoms with Crippen LogP contribution in [0, 0.1) is 11.3 Å². The van der Waals surface area contributed by atoms with Gasteiger partial charge in [-0.1, -0.05) is 77.0 Å². The highest BCUT2D eigenvalue weighted by atomic mass is 16.5. The quantitative estimate of drug-likeness (QED) is 0.147. The van der Waals surface area contributed by atoms with Crippen LogP contribution in [-0.2, 0) is 12.8 Å². The third-order valence-corrected chi connectivity index (χ3v) is 6.06. The maximum atomic E-state index is 12.6. The average Bonchev–Trinajstić information content (AvgIpc) is 2.89. The van der Waals surface area contributed by atoms with E-state index in [2.05, 4.69) is 29.9 Å². The smallest absolute Gasteiger partial charge is 0.343 e. The predicted octanol–water partition coefficient (Wildman–Crippen LogP) is 7.48. The molecule has 1 heterocycles. The number of carbonyl (C=O) groups excluding carboxylic acids is 1. The lowest BCUT2D eigenvalue weighted by Gasteiger charge is -2.08. The Kier molecular flexibility index (Phi) is 10.4. The van der Waals surface area contributed by atoms with Gasteiger partial charge in [0.2, 0.25) is 0 Å². The number of unbranched alkanes of at least 4 members (excludes halogenated alkanes) is 6. The summed E-state index contributed by atoms with van der Waals surface area (Å²) in [5, 5.41) is 9.42. The topological polar surface area (TPSA) is 75.9 Å². The van der Waals surface area contributed by atoms with E-state index in [1.54, 1.807) is 24.3 Å². The molecule has 0 fully saturated rings. The van der Waals surface area contributed by atoms with E-state index >= 15 is 0 Å². The Bertz CT molecular complexity index is 1120. The van der Waals surface area contributed by atoms with Crippen molar-refractivity contribution < 1.29 is 9.53 Å². The summed E-state index contributed by atoms with van der Waals surface area (Å²) in [4.78, 5) is 21.6. The van der Waals surface area contributed by atoms with Crippen LogP contribution >= 0.6 is 0 Å². The van der Waals surface area contributed by atoms with Gasteiger partial charge in [0.25, 0.3) is 0 Å². The second kappa shape index (κ2) is 14.0. The summed E-state index contributed by atoms with van der Waals surface area (Å²) < 4.78 is 5.50. The van der Waals surface area contributed by atoms with Gasteiger partial charge in [0.1, 0.15) is 11.8 Å². The predicted molar refractivity (Wildman–Crippen MR) is 139 cm³/mol. The normalized spacial score (nSPS) is 10.7. The molecule has 3 rings (SSSR count). The molecule has 0 N–H and O–H groups in total. The molecule has 0 spiro atoms. The number of benzene rings is 2. The highest BCUT2D eigenvalue weighted by Gasteiger charge is 2.13. The minimum Gasteiger partial charge on any atom is -0.422 e. The molecule has 3 aromatic rings. The first-order valence-electron chi connectivity index (χ1n) is 12.8. The van der Waals surface area contributed by atoms with E-state index in [-0.39, 0.29) is 5.75 Å². The molecule has 0 aliphatic heterocycles. The van der Waals surface area contributed by atoms with Crippen molar-refractivity contribution in [1.29, 1.82) is 5.26 Å². The van der Waals surface area contributed by atoms with Crippen LogP contribution in [0.15, 0.2) is 54.9 Å². The van der Waals surface area contributed by atoms with Crippen molar-refractivity contribution in [3.63, 3.8) is 0 Å². The van der Waals surface area contributed by atoms with E-state index in [9.17, 15) is 10.1 Å². The van der Waals surface area contributed by atoms with Gasteiger partial charge in [-0.25, -0.2) is 14.8 Å². The van der Waals surface area contributed by atoms with Crippen molar-refractivity contribution in [2.45, 2.75) is 78.1 Å². The summed E-state index contributed by atoms with van der Waals surface area (Å²) in [6.07, 6.45) is 15.7. The molecule has 0 atom stereocenters. The fraction of sp³-hybridized carbons (Fsp3) is 0.400. The van der Waals surface area contributed by atoms with Gasteiger partial charge < -0.3 is 4.74 Å². The molecular formula is C30H35N3O2. The lowest BCUT2D eigenvalue weighted by atomic mass is 10.1. The van der Waals surface area contributed by atoms with Gasteiger partial charge in [-0.05, 0) is 54.7 Å². The number of rotatable bonds is 13. The Hall–Kier alpha value is -3.52. The van der Waals surface area contributed by atoms with Crippen LogP contribution in [0.3, 0.4) is 0 Å². The molecule has 0 aliphatic rings. The highest BCUT2D eigenvalue weighted by Crippen LogP contribution is 2.22. The SMILES string of the molecule is CCCCCCCCCc1cnc(-c2ccc(C(=O)Oc3ccc(CCC)cc3C#N)cc2)nc1. The van der Waals surface area contributed by atoms with Crippen molar-refractivity contribution in [3.8, 4) is 23.2 Å². The van der Waals surface area contributed by atoms with Crippen LogP contribution in [-0.4, -0.2) is 15.9 Å². The van der Waals surface area contributed by atoms with Crippen molar-refractivity contribution in [2.24, 2.45) is 0 Å². The molecule has 0 aliphatic carbocycles. The van der Waals surface area contributed by atoms with E-state index in [4.69, 9.17) is 4.74 Å². The standard InChI is InChI=1S/C30H35N3O2/c1-3-5-6-7-8-9-10-12-24-21-32-29(33-22-24)25-14-16-26(17-15-25)30(34)35-28-18-13-23(11-4-2)19-27(28)20-31/h13-19,21-22H,3-12H2,1-2H3. The summed E-state index contributed by atoms with van der Waals surface area (Å²) >= 11 is 0. The monoisotopic (exact) mass is 469 g/mol. The van der Waals surface area contributed by atoms with Crippen LogP contribution in [0.25, 0.3) is 11.4 Å². The number of nitrogens with zero attached hydrogens (tertiary/aromatic N) is 3. The lowest BCUT2D eigenvalue weighted by Crippen LogP contribution is -2.09. The molecule has 2 aromatic carbocycles. The molecule has 35 heavy (non-hydrogen) atoms. The number of aryl methyl sites for hydroxylation is 2. The first-order valence-corrected chi connectivity index (χ1v) is 12.8. The van der Waals surface area contributed by atoms with Gasteiger partial charge in [0.05, 0.1) is 11.1 Å². The third kappa shape index (κ3) is 8.03. The highest BCUT2D eigenvalue weighted by molar-refractivity contribution is 5.91. The molecule has 0 bridgehead atoms. The second-order valence-electron chi connectivity index (χ2n) is 8.95. The summed E-state index contributed by atoms with van der Waals surface area (Å²) in [7, 11) is 0. The number of carbonyl (C=O) groups is 1. The molecule has 0 unspecified atom stereocenters. The molecule has 0 saturated carbocycles. The van der Waals surface area contributed by atoms with Crippen LogP contribution in [0.1, 0.15) is 92.3 Å². The first-order chi connectivity index (χ1) is 17.1. The molecular weight excluding hydrogens is 434 g/mol. The minimum absolute atomic E-state index is 0.279. The fourth-order valence-electron chi connectivity index (χ4n) is 4.03. The van der Waals surface area contributed by atoms with Gasteiger partial charge in [0.15, 0.2) is 5.82 Å². The van der Waals surface area contributed by atoms with E-state index in [1.807, 2.05) is 30.6 Å². The zero-order valence-corrected chi connectivity index (χ0v) is 20.9. The van der Waals surface area contributed by atoms with Crippen LogP contribution in [0.4, 0.5) is 0 Å². The van der Waals surface area contributed by atoms with E-state index in [0.29, 0.717) is 17.0 Å². The van der Waals surface area contributed by atoms with E-state index in [0.717, 1.165) is 36.0 Å². The Morgan fingerprint density at radius 3 is 2.17 bits per heavy atom. The molecule has 5 heteroatoms. The summed E-state index contributed by atoms with van der Waals surface area (Å²) in [5.74, 6) is 0.412. The van der Waals surface area contributed by atoms with Gasteiger partial charge in [-0.15, -0.1) is 0 Å². The molecule has 182 valence electrons. The van der Waals surface area contributed by atoms with Crippen molar-refractivity contribution in [2.75, 3.05) is 0 Å². The largest absolute Gasteiger partial charge is 0.422 e. The molecule has 0 saturated heterocycles. The van der Waals surface area contributed by atoms with E-state index in [1.165, 1.54) is 44.9 Å². The average molecular weight is 470 g/mol. The first kappa shape index (κ1) is 26.1. The number of hydrogen-bond donors (Lipinski definition) is 0. The van der Waals surface area contributed by atoms with Crippen LogP contribution in [0.2, 0.25) is 0 Å². The van der Waals surface area contributed by atoms with Crippen molar-refractivity contribution in [1.82, 2.24) is 9.97 Å². The second-order valence-corrected chi connectivity index (χ2v) is 8.95. The van der Waals surface area contributed by atoms with Gasteiger partial charge >= 0.3 is 5.97 Å². The summed E-state index contributed by atoms with van der Waals surface area (Å²) in [6, 6.07) is 14.5. The Morgan fingerprint density at radius 2 is 1.51 bits per heavy atom. The fourth-order valence-corrected chi connectivity index (χ4v) is 4.03. The molecule has 1 aromatic heterocycles. The summed E-state index contributed by atoms with van der Waals surface area (Å²) in [5.41, 5.74) is 3.82. The van der Waals surface area contributed by atoms with Gasteiger partial charge in [-0.2, -0.15) is 5.26 Å². The zero-order valence-electron chi connectivity index (χ0n) is 20.9. The van der Waals surface area contributed by atoms with Crippen molar-refractivity contribution >= 4 is 5.97 Å². The van der Waals surface area contributed by atoms with Crippen LogP contribution in [0.5, 0.6) is 5.75 Å². The number of nitriles is 1. The van der Waals surface area contributed by atoms with Gasteiger partial charge in [0, 0.05) is 18.0 Å². The molecule has 0 amide bonds. The molecule has 5 nitrogen and oxygen atoms in total. The maximum Gasteiger partial charge on any atom is 0.343 e. The van der Waals surface area contributed by atoms with Crippen molar-refractivity contribution in [3.05, 3.63) is 77.1 Å². The minimum atomic E-state index is -0.498. The third-order valence-electron chi connectivity index (χ3n) is 6.06. The Labute approximate surface area is 209 Å². The van der Waals surface area contributed by atoms with Gasteiger partial charge in [-0.3, -0.25) is 0 Å². The van der Waals surface area contributed by atoms with Crippen LogP contribution < -0.4 is 4.74 Å². The number of esters is 1. The zero-order chi connectivity index (χ0) is 24.9. The summed E-state index contributed by atoms with van der Waals surface area (Å²) in [6.45, 7) is 4.33.